The van der Waals surface area contributed by atoms with Crippen LogP contribution in [0.3, 0.4) is 0 Å². The highest BCUT2D eigenvalue weighted by molar-refractivity contribution is 5.99. The van der Waals surface area contributed by atoms with Crippen molar-refractivity contribution in [1.29, 1.82) is 0 Å². The Balaban J connectivity index is 1.81. The molecule has 5 nitrogen and oxygen atoms in total. The van der Waals surface area contributed by atoms with Crippen LogP contribution in [0.15, 0.2) is 88.1 Å². The van der Waals surface area contributed by atoms with Crippen LogP contribution < -0.4 is 14.9 Å². The number of ether oxygens (including phenoxy) is 2. The number of rotatable bonds is 6. The Morgan fingerprint density at radius 2 is 1.57 bits per heavy atom. The first-order valence-electron chi connectivity index (χ1n) is 9.54. The normalized spacial score (nSPS) is 11.8. The van der Waals surface area contributed by atoms with Gasteiger partial charge in [0.15, 0.2) is 11.9 Å². The van der Waals surface area contributed by atoms with Gasteiger partial charge in [-0.15, -0.1) is 0 Å². The number of methoxy groups -OCH3 is 1. The van der Waals surface area contributed by atoms with Crippen molar-refractivity contribution in [3.05, 3.63) is 94.6 Å². The van der Waals surface area contributed by atoms with Crippen molar-refractivity contribution in [2.75, 3.05) is 7.11 Å². The predicted octanol–water partition coefficient (Wildman–Crippen LogP) is 5.12. The van der Waals surface area contributed by atoms with E-state index in [1.54, 1.807) is 86.8 Å². The molecule has 1 atom stereocenters. The average Bonchev–Trinajstić information content (AvgIpc) is 2.81. The first-order chi connectivity index (χ1) is 14.6. The summed E-state index contributed by atoms with van der Waals surface area (Å²) in [5, 5.41) is 0.393. The van der Waals surface area contributed by atoms with Crippen LogP contribution in [0.1, 0.15) is 17.3 Å². The fourth-order valence-corrected chi connectivity index (χ4v) is 3.23. The number of fused-ring (bicyclic) bond motifs is 1. The minimum atomic E-state index is -0.867. The van der Waals surface area contributed by atoms with Crippen molar-refractivity contribution in [1.82, 2.24) is 0 Å². The van der Waals surface area contributed by atoms with E-state index in [9.17, 15) is 9.59 Å². The Bertz CT molecular complexity index is 1240. The molecule has 0 spiro atoms. The number of hydrogen-bond acceptors (Lipinski definition) is 5. The summed E-state index contributed by atoms with van der Waals surface area (Å²) in [5.41, 5.74) is 1.28. The van der Waals surface area contributed by atoms with E-state index in [1.807, 2.05) is 6.07 Å². The smallest absolute Gasteiger partial charge is 0.235 e. The van der Waals surface area contributed by atoms with Gasteiger partial charge in [0.1, 0.15) is 11.3 Å². The lowest BCUT2D eigenvalue weighted by Gasteiger charge is -2.16. The van der Waals surface area contributed by atoms with Crippen LogP contribution in [-0.2, 0) is 0 Å². The molecule has 0 unspecified atom stereocenters. The second-order valence-electron chi connectivity index (χ2n) is 6.80. The molecule has 0 aliphatic rings. The first-order valence-corrected chi connectivity index (χ1v) is 9.54. The lowest BCUT2D eigenvalue weighted by molar-refractivity contribution is 0.0815. The maximum Gasteiger partial charge on any atom is 0.235 e. The summed E-state index contributed by atoms with van der Waals surface area (Å²) in [5.74, 6) is 0.741. The fraction of sp³-hybridized carbons (Fsp3) is 0.120. The minimum Gasteiger partial charge on any atom is -0.497 e. The van der Waals surface area contributed by atoms with E-state index in [0.29, 0.717) is 27.8 Å². The Morgan fingerprint density at radius 1 is 0.900 bits per heavy atom. The quantitative estimate of drug-likeness (QED) is 0.420. The molecule has 0 saturated heterocycles. The molecular weight excluding hydrogens is 380 g/mol. The number of para-hydroxylation sites is 1. The molecule has 1 heterocycles. The molecule has 4 aromatic rings. The predicted molar refractivity (Wildman–Crippen MR) is 115 cm³/mol. The van der Waals surface area contributed by atoms with Crippen LogP contribution in [0.25, 0.3) is 22.3 Å². The van der Waals surface area contributed by atoms with Crippen molar-refractivity contribution in [3.63, 3.8) is 0 Å². The third-order valence-corrected chi connectivity index (χ3v) is 4.83. The molecule has 1 aromatic heterocycles. The highest BCUT2D eigenvalue weighted by atomic mass is 16.5. The Labute approximate surface area is 173 Å². The molecule has 0 aliphatic heterocycles. The van der Waals surface area contributed by atoms with Crippen molar-refractivity contribution in [2.24, 2.45) is 0 Å². The molecule has 0 N–H and O–H groups in total. The van der Waals surface area contributed by atoms with Gasteiger partial charge in [-0.25, -0.2) is 0 Å². The third-order valence-electron chi connectivity index (χ3n) is 4.83. The van der Waals surface area contributed by atoms with Crippen molar-refractivity contribution in [2.45, 2.75) is 13.0 Å². The van der Waals surface area contributed by atoms with E-state index < -0.39 is 6.10 Å². The van der Waals surface area contributed by atoms with Crippen LogP contribution in [0.2, 0.25) is 0 Å². The van der Waals surface area contributed by atoms with Gasteiger partial charge in [0.2, 0.25) is 17.0 Å². The summed E-state index contributed by atoms with van der Waals surface area (Å²) < 4.78 is 17.2. The standard InChI is InChI=1S/C25H20O5/c1-16(22(26)17-8-4-3-5-9-17)29-25-23(27)20-10-6-7-11-21(20)30-24(25)18-12-14-19(28-2)15-13-18/h3-16H,1-2H3/t16-/m1/s1. The van der Waals surface area contributed by atoms with Crippen LogP contribution in [0.5, 0.6) is 11.5 Å². The minimum absolute atomic E-state index is 0.00986. The monoisotopic (exact) mass is 400 g/mol. The Kier molecular flexibility index (Phi) is 5.35. The number of hydrogen-bond donors (Lipinski definition) is 0. The van der Waals surface area contributed by atoms with Gasteiger partial charge in [-0.2, -0.15) is 0 Å². The van der Waals surface area contributed by atoms with E-state index in [2.05, 4.69) is 0 Å². The van der Waals surface area contributed by atoms with Crippen molar-refractivity contribution >= 4 is 16.8 Å². The van der Waals surface area contributed by atoms with Gasteiger partial charge in [-0.3, -0.25) is 9.59 Å². The van der Waals surface area contributed by atoms with E-state index >= 15 is 0 Å². The van der Waals surface area contributed by atoms with Gasteiger partial charge < -0.3 is 13.9 Å². The lowest BCUT2D eigenvalue weighted by atomic mass is 10.1. The van der Waals surface area contributed by atoms with E-state index in [0.717, 1.165) is 0 Å². The summed E-state index contributed by atoms with van der Waals surface area (Å²) in [7, 11) is 1.58. The van der Waals surface area contributed by atoms with Crippen molar-refractivity contribution in [3.8, 4) is 22.8 Å². The maximum absolute atomic E-state index is 13.2. The molecule has 0 bridgehead atoms. The van der Waals surface area contributed by atoms with Gasteiger partial charge >= 0.3 is 0 Å². The molecular formula is C25H20O5. The summed E-state index contributed by atoms with van der Waals surface area (Å²) in [6, 6.07) is 22.9. The SMILES string of the molecule is COc1ccc(-c2oc3ccccc3c(=O)c2O[C@H](C)C(=O)c2ccccc2)cc1. The topological polar surface area (TPSA) is 65.7 Å². The lowest BCUT2D eigenvalue weighted by Crippen LogP contribution is -2.26. The summed E-state index contributed by atoms with van der Waals surface area (Å²) >= 11 is 0. The van der Waals surface area contributed by atoms with Crippen LogP contribution in [0, 0.1) is 0 Å². The van der Waals surface area contributed by atoms with E-state index in [1.165, 1.54) is 0 Å². The number of carbonyl (C=O) groups is 1. The molecule has 5 heteroatoms. The molecule has 3 aromatic carbocycles. The second kappa shape index (κ2) is 8.25. The molecule has 0 saturated carbocycles. The molecule has 0 amide bonds. The highest BCUT2D eigenvalue weighted by Gasteiger charge is 2.23. The zero-order valence-electron chi connectivity index (χ0n) is 16.6. The zero-order valence-corrected chi connectivity index (χ0v) is 16.6. The molecule has 0 radical (unpaired) electrons. The Morgan fingerprint density at radius 3 is 2.27 bits per heavy atom. The zero-order chi connectivity index (χ0) is 21.1. The van der Waals surface area contributed by atoms with Crippen molar-refractivity contribution < 1.29 is 18.7 Å². The number of Topliss-reactive ketones (excluding diaryl/α,β-unsaturated/α-hetero) is 1. The van der Waals surface area contributed by atoms with E-state index in [-0.39, 0.29) is 22.7 Å². The van der Waals surface area contributed by atoms with Gasteiger partial charge in [-0.1, -0.05) is 42.5 Å². The fourth-order valence-electron chi connectivity index (χ4n) is 3.23. The molecule has 0 aliphatic carbocycles. The highest BCUT2D eigenvalue weighted by Crippen LogP contribution is 2.32. The molecule has 0 fully saturated rings. The number of carbonyl (C=O) groups excluding carboxylic acids is 1. The maximum atomic E-state index is 13.2. The van der Waals surface area contributed by atoms with Gasteiger partial charge in [0, 0.05) is 11.1 Å². The molecule has 150 valence electrons. The summed E-state index contributed by atoms with van der Waals surface area (Å²) in [6.07, 6.45) is -0.867. The van der Waals surface area contributed by atoms with E-state index in [4.69, 9.17) is 13.9 Å². The Hall–Kier alpha value is -3.86. The van der Waals surface area contributed by atoms with Gasteiger partial charge in [0.25, 0.3) is 0 Å². The number of ketones is 1. The second-order valence-corrected chi connectivity index (χ2v) is 6.80. The summed E-state index contributed by atoms with van der Waals surface area (Å²) in [6.45, 7) is 1.63. The largest absolute Gasteiger partial charge is 0.497 e. The number of benzene rings is 3. The summed E-state index contributed by atoms with van der Waals surface area (Å²) in [4.78, 5) is 26.0. The average molecular weight is 400 g/mol. The first kappa shape index (κ1) is 19.5. The van der Waals surface area contributed by atoms with Gasteiger partial charge in [-0.05, 0) is 43.3 Å². The third kappa shape index (κ3) is 3.70. The van der Waals surface area contributed by atoms with Crippen LogP contribution in [-0.4, -0.2) is 19.0 Å². The molecule has 30 heavy (non-hydrogen) atoms. The van der Waals surface area contributed by atoms with Crippen LogP contribution in [0.4, 0.5) is 0 Å². The molecule has 4 rings (SSSR count). The van der Waals surface area contributed by atoms with Crippen LogP contribution >= 0.6 is 0 Å². The van der Waals surface area contributed by atoms with Gasteiger partial charge in [0.05, 0.1) is 12.5 Å².